The zero-order valence-corrected chi connectivity index (χ0v) is 92.5. The molecular weight excluding hydrogens is 1920 g/mol. The molecule has 0 bridgehead atoms. The number of unbranched alkanes of at least 4 members (excludes halogenated alkanes) is 9. The topological polar surface area (TPSA) is 315 Å². The molecule has 0 unspecified atom stereocenters. The average Bonchev–Trinajstić information content (AvgIpc) is 0.765. The molecular formula is C122H176BrN7O17. The van der Waals surface area contributed by atoms with Crippen LogP contribution in [0.1, 0.15) is 326 Å². The minimum absolute atomic E-state index is 0.00847. The van der Waals surface area contributed by atoms with Crippen molar-refractivity contribution >= 4 is 63.4 Å². The molecule has 147 heavy (non-hydrogen) atoms. The van der Waals surface area contributed by atoms with Crippen molar-refractivity contribution in [2.75, 3.05) is 104 Å². The van der Waals surface area contributed by atoms with Gasteiger partial charge >= 0.3 is 35.8 Å². The maximum atomic E-state index is 13.2. The molecule has 808 valence electrons. The normalized spacial score (nSPS) is 15.9. The number of methoxy groups -OCH3 is 1. The van der Waals surface area contributed by atoms with Gasteiger partial charge in [-0.25, -0.2) is 19.2 Å². The van der Waals surface area contributed by atoms with Crippen molar-refractivity contribution in [2.45, 2.75) is 309 Å². The van der Waals surface area contributed by atoms with Gasteiger partial charge in [-0.05, 0) is 348 Å². The van der Waals surface area contributed by atoms with Crippen molar-refractivity contribution < 1.29 is 81.4 Å². The van der Waals surface area contributed by atoms with E-state index in [2.05, 4.69) is 80.5 Å². The Bertz CT molecular complexity index is 4980. The number of hydrogen-bond donors (Lipinski definition) is 8. The number of esters is 6. The number of piperidine rings is 6. The van der Waals surface area contributed by atoms with Crippen LogP contribution in [0, 0.1) is 35.5 Å². The smallest absolute Gasteiger partial charge is 0.348 e. The van der Waals surface area contributed by atoms with Crippen molar-refractivity contribution in [1.29, 1.82) is 0 Å². The summed E-state index contributed by atoms with van der Waals surface area (Å²) >= 11 is 3.47. The van der Waals surface area contributed by atoms with E-state index in [1.54, 1.807) is 79.9 Å². The lowest BCUT2D eigenvalue weighted by molar-refractivity contribution is -0.181. The van der Waals surface area contributed by atoms with E-state index < -0.39 is 45.5 Å². The van der Waals surface area contributed by atoms with Gasteiger partial charge in [0.2, 0.25) is 5.60 Å². The first-order valence-corrected chi connectivity index (χ1v) is 55.6. The molecule has 25 heteroatoms. The van der Waals surface area contributed by atoms with Crippen LogP contribution in [-0.2, 0) is 66.0 Å². The quantitative estimate of drug-likeness (QED) is 0.00439. The van der Waals surface area contributed by atoms with Crippen LogP contribution < -0.4 is 46.7 Å². The van der Waals surface area contributed by atoms with Crippen LogP contribution in [0.5, 0.6) is 11.5 Å². The molecule has 0 radical (unpaired) electrons. The second kappa shape index (κ2) is 63.9. The van der Waals surface area contributed by atoms with Crippen LogP contribution in [0.2, 0.25) is 0 Å². The third kappa shape index (κ3) is 42.1. The van der Waals surface area contributed by atoms with Crippen molar-refractivity contribution in [3.05, 3.63) is 251 Å². The largest absolute Gasteiger partial charge is 0.493 e. The highest BCUT2D eigenvalue weighted by Crippen LogP contribution is 2.40. The monoisotopic (exact) mass is 2090 g/mol. The Morgan fingerprint density at radius 3 is 1.12 bits per heavy atom. The van der Waals surface area contributed by atoms with E-state index in [1.807, 2.05) is 191 Å². The summed E-state index contributed by atoms with van der Waals surface area (Å²) < 4.78 is 45.8. The van der Waals surface area contributed by atoms with Crippen molar-refractivity contribution in [2.24, 2.45) is 35.5 Å². The van der Waals surface area contributed by atoms with Crippen LogP contribution in [0.15, 0.2) is 201 Å². The van der Waals surface area contributed by atoms with Crippen LogP contribution >= 0.6 is 15.9 Å². The van der Waals surface area contributed by atoms with Crippen molar-refractivity contribution in [3.63, 3.8) is 0 Å². The van der Waals surface area contributed by atoms with E-state index in [0.29, 0.717) is 99.4 Å². The Labute approximate surface area is 887 Å². The maximum absolute atomic E-state index is 13.2. The summed E-state index contributed by atoms with van der Waals surface area (Å²) in [5, 5.41) is 35.5. The van der Waals surface area contributed by atoms with Gasteiger partial charge in [0.1, 0.15) is 33.6 Å². The zero-order valence-electron chi connectivity index (χ0n) is 90.9. The summed E-state index contributed by atoms with van der Waals surface area (Å²) in [6.45, 7) is 42.1. The minimum Gasteiger partial charge on any atom is -0.493 e. The Morgan fingerprint density at radius 2 is 0.721 bits per heavy atom. The number of amides is 1. The van der Waals surface area contributed by atoms with Crippen molar-refractivity contribution in [3.8, 4) is 11.5 Å². The number of benzene rings is 7. The van der Waals surface area contributed by atoms with Gasteiger partial charge < -0.3 is 80.2 Å². The summed E-state index contributed by atoms with van der Waals surface area (Å²) in [7, 11) is 1.58. The number of ketones is 1. The molecule has 6 aliphatic heterocycles. The number of hydrogen-bond acceptors (Lipinski definition) is 23. The predicted molar refractivity (Wildman–Crippen MR) is 591 cm³/mol. The van der Waals surface area contributed by atoms with Crippen LogP contribution in [0.3, 0.4) is 0 Å². The number of rotatable bonds is 44. The van der Waals surface area contributed by atoms with Crippen molar-refractivity contribution in [1.82, 2.24) is 37.2 Å². The first kappa shape index (κ1) is 122. The predicted octanol–water partition coefficient (Wildman–Crippen LogP) is 22.3. The third-order valence-electron chi connectivity index (χ3n) is 29.6. The summed E-state index contributed by atoms with van der Waals surface area (Å²) in [4.78, 5) is 99.6. The molecule has 6 heterocycles. The summed E-state index contributed by atoms with van der Waals surface area (Å²) in [5.74, 6) is 1.40. The summed E-state index contributed by atoms with van der Waals surface area (Å²) in [6, 6.07) is 56.5. The Hall–Kier alpha value is -9.96. The van der Waals surface area contributed by atoms with Gasteiger partial charge in [0.25, 0.3) is 5.91 Å². The fourth-order valence-electron chi connectivity index (χ4n) is 20.0. The fraction of sp³-hybridized carbons (Fsp3) is 0.574. The first-order chi connectivity index (χ1) is 70.5. The molecule has 13 rings (SSSR count). The van der Waals surface area contributed by atoms with Crippen LogP contribution in [-0.4, -0.2) is 190 Å². The molecule has 0 saturated carbocycles. The van der Waals surface area contributed by atoms with Crippen LogP contribution in [0.4, 0.5) is 0 Å². The van der Waals surface area contributed by atoms with Crippen LogP contribution in [0.25, 0.3) is 0 Å². The molecule has 6 aliphatic rings. The summed E-state index contributed by atoms with van der Waals surface area (Å²) in [5.41, 5.74) is 1.33. The Morgan fingerprint density at radius 1 is 0.374 bits per heavy atom. The van der Waals surface area contributed by atoms with Gasteiger partial charge in [0, 0.05) is 76.9 Å². The number of aliphatic hydroxyl groups is 1. The number of halogens is 1. The van der Waals surface area contributed by atoms with E-state index >= 15 is 0 Å². The van der Waals surface area contributed by atoms with Gasteiger partial charge in [0.05, 0.1) is 18.2 Å². The Kier molecular flexibility index (Phi) is 53.1. The molecule has 0 aromatic heterocycles. The fourth-order valence-corrected chi connectivity index (χ4v) is 20.4. The standard InChI is InChI=1S/C22H27NO3.C22H25NO3.C20H30N2O3.C20H29NO4.C19H36BrNO2.C19H29NO2/c1-21(2,17-13-15-23-16-14-17)26-20(24)22(25,18-9-5-3-6-10-18)19-11-7-4-8-12-19;1-22(2,17-12-14-23-15-13-17)26-21(25)19-11-7-6-10-18(19)20(24)16-8-4-3-5-9-16;1-20(2,17-11-14-21-15-12-17)25-18(23)10-6-7-13-22-19(24)16-8-4-3-5-9-16;1-5-6-15-7-8-17(18(13-15)23-4)24-14-19(22)25-20(2,3)16-9-11-21-12-10-16;1-19(2,17-12-15-21-16-13-17)23-18(22)11-9-7-5-3-4-6-8-10-14-20;1-4-5-6-15-7-9-16(10-8-15)18(21)22-19(2,3)17-11-13-20-14-12-17/h3-12,17,23,25H,13-16H2,1-2H3;3-11,17,23H,12-15H2,1-2H3;3-5,8-9,17,21H,6-7,10-15H2,1-2H3,(H,22,24);5,7-8,13,16,21H,1,6,9-12,14H2,2-4H3;17,21H,3-16H2,1-2H3;7-10,17,20H,4-6,11-14H2,1-3H3. The maximum Gasteiger partial charge on any atom is 0.348 e. The van der Waals surface area contributed by atoms with E-state index in [9.17, 15) is 43.5 Å². The van der Waals surface area contributed by atoms with Gasteiger partial charge in [-0.15, -0.1) is 6.58 Å². The number of carbonyl (C=O) groups is 8. The number of aryl methyl sites for hydroxylation is 1. The zero-order chi connectivity index (χ0) is 107. The second-order valence-electron chi connectivity index (χ2n) is 43.0. The second-order valence-corrected chi connectivity index (χ2v) is 43.7. The molecule has 24 nitrogen and oxygen atoms in total. The SMILES string of the molecule is C=CCc1ccc(OCC(=O)OC(C)(C)C2CCNCC2)c(OC)c1.CC(C)(OC(=O)C(O)(c1ccccc1)c1ccccc1)C1CCNCC1.CC(C)(OC(=O)CCCCCCCCCCBr)C1CCNCC1.CC(C)(OC(=O)CCCCNC(=O)c1ccccc1)C1CCNCC1.CC(C)(OC(=O)c1ccccc1C(=O)c1ccccc1)C1CCNCC1.CCCCc1ccc(C(=O)OC(C)(C)C2CCNCC2)cc1. The molecule has 1 amide bonds. The third-order valence-corrected chi connectivity index (χ3v) is 30.2. The lowest BCUT2D eigenvalue weighted by atomic mass is 9.82. The van der Waals surface area contributed by atoms with E-state index in [0.717, 1.165) is 205 Å². The molecule has 0 atom stereocenters. The lowest BCUT2D eigenvalue weighted by Crippen LogP contribution is -2.48. The molecule has 6 fully saturated rings. The molecule has 0 aliphatic carbocycles. The molecule has 6 saturated heterocycles. The van der Waals surface area contributed by atoms with Gasteiger partial charge in [-0.1, -0.05) is 219 Å². The molecule has 8 N–H and O–H groups in total. The molecule has 7 aromatic carbocycles. The average molecular weight is 2090 g/mol. The van der Waals surface area contributed by atoms with E-state index in [4.69, 9.17) is 37.9 Å². The number of alkyl halides is 1. The minimum atomic E-state index is -1.83. The first-order valence-electron chi connectivity index (χ1n) is 54.5. The molecule has 7 aromatic rings. The van der Waals surface area contributed by atoms with Gasteiger partial charge in [-0.2, -0.15) is 0 Å². The highest BCUT2D eigenvalue weighted by molar-refractivity contribution is 9.09. The highest BCUT2D eigenvalue weighted by atomic mass is 79.9. The number of ether oxygens (including phenoxy) is 8. The van der Waals surface area contributed by atoms with Gasteiger partial charge in [-0.3, -0.25) is 19.2 Å². The van der Waals surface area contributed by atoms with E-state index in [-0.39, 0.29) is 53.7 Å². The van der Waals surface area contributed by atoms with E-state index in [1.165, 1.54) is 56.9 Å². The number of allylic oxidation sites excluding steroid dienone is 1. The highest BCUT2D eigenvalue weighted by Gasteiger charge is 2.47. The summed E-state index contributed by atoms with van der Waals surface area (Å²) in [6.07, 6.45) is 30.8. The number of carbonyl (C=O) groups excluding carboxylic acids is 8. The van der Waals surface area contributed by atoms with Gasteiger partial charge in [0.15, 0.2) is 23.9 Å². The number of nitrogens with one attached hydrogen (secondary N) is 7. The Balaban J connectivity index is 0.000000215. The molecule has 0 spiro atoms. The lowest BCUT2D eigenvalue weighted by Gasteiger charge is -2.39.